The van der Waals surface area contributed by atoms with Crippen molar-refractivity contribution in [1.82, 2.24) is 4.98 Å². The quantitative estimate of drug-likeness (QED) is 0.270. The number of H-pyrrole nitrogens is 1. The van der Waals surface area contributed by atoms with E-state index in [1.807, 2.05) is 42.5 Å². The van der Waals surface area contributed by atoms with E-state index in [9.17, 15) is 14.4 Å². The minimum atomic E-state index is -0.345. The van der Waals surface area contributed by atoms with E-state index in [1.54, 1.807) is 36.0 Å². The molecule has 2 aliphatic carbocycles. The van der Waals surface area contributed by atoms with Crippen molar-refractivity contribution in [2.45, 2.75) is 29.2 Å². The fraction of sp³-hybridized carbons (Fsp3) is 0.281. The van der Waals surface area contributed by atoms with E-state index in [2.05, 4.69) is 17.1 Å². The number of thioether (sulfide) groups is 1. The molecule has 1 N–H and O–H groups in total. The van der Waals surface area contributed by atoms with Crippen molar-refractivity contribution >= 4 is 52.2 Å². The third kappa shape index (κ3) is 3.95. The molecule has 206 valence electrons. The molecule has 4 aromatic rings. The molecule has 2 amide bonds. The minimum absolute atomic E-state index is 0.0519. The van der Waals surface area contributed by atoms with Gasteiger partial charge in [0.15, 0.2) is 0 Å². The Kier molecular flexibility index (Phi) is 5.95. The first-order valence-corrected chi connectivity index (χ1v) is 15.8. The number of hydrogen-bond acceptors (Lipinski definition) is 6. The number of amides is 2. The van der Waals surface area contributed by atoms with Gasteiger partial charge in [-0.3, -0.25) is 19.3 Å². The number of carbonyl (C=O) groups excluding carboxylic acids is 2. The molecule has 2 aliphatic heterocycles. The van der Waals surface area contributed by atoms with Crippen LogP contribution >= 0.6 is 34.7 Å². The topological polar surface area (TPSA) is 79.5 Å². The summed E-state index contributed by atoms with van der Waals surface area (Å²) in [6.07, 6.45) is 0.851. The highest BCUT2D eigenvalue weighted by atomic mass is 35.5. The molecule has 3 heterocycles. The molecule has 3 aromatic carbocycles. The predicted octanol–water partition coefficient (Wildman–Crippen LogP) is 6.35. The molecular weight excluding hydrogens is 576 g/mol. The largest absolute Gasteiger partial charge is 0.489 e. The average molecular weight is 601 g/mol. The van der Waals surface area contributed by atoms with Crippen molar-refractivity contribution in [2.75, 3.05) is 4.90 Å². The van der Waals surface area contributed by atoms with Gasteiger partial charge >= 0.3 is 4.87 Å². The zero-order valence-electron chi connectivity index (χ0n) is 21.7. The van der Waals surface area contributed by atoms with Crippen LogP contribution in [-0.4, -0.2) is 22.0 Å². The number of imide groups is 1. The Morgan fingerprint density at radius 1 is 0.902 bits per heavy atom. The smallest absolute Gasteiger partial charge is 0.305 e. The summed E-state index contributed by atoms with van der Waals surface area (Å²) in [6.45, 7) is 0.463. The highest BCUT2D eigenvalue weighted by Gasteiger charge is 2.69. The number of aromatic nitrogens is 1. The van der Waals surface area contributed by atoms with Gasteiger partial charge in [-0.2, -0.15) is 0 Å². The van der Waals surface area contributed by atoms with E-state index in [4.69, 9.17) is 16.3 Å². The Morgan fingerprint density at radius 2 is 1.66 bits per heavy atom. The highest BCUT2D eigenvalue weighted by molar-refractivity contribution is 8.00. The minimum Gasteiger partial charge on any atom is -0.489 e. The number of carbonyl (C=O) groups is 2. The number of nitrogens with zero attached hydrogens (tertiary/aromatic N) is 1. The van der Waals surface area contributed by atoms with E-state index in [1.165, 1.54) is 16.2 Å². The molecule has 4 aliphatic rings. The van der Waals surface area contributed by atoms with Gasteiger partial charge in [-0.25, -0.2) is 0 Å². The fourth-order valence-electron chi connectivity index (χ4n) is 7.77. The number of anilines is 1. The Balaban J connectivity index is 1.16. The molecule has 0 spiro atoms. The van der Waals surface area contributed by atoms with Gasteiger partial charge in [0.05, 0.1) is 22.5 Å². The summed E-state index contributed by atoms with van der Waals surface area (Å²) in [5, 5.41) is 1.60. The zero-order chi connectivity index (χ0) is 27.8. The first-order valence-electron chi connectivity index (χ1n) is 13.8. The fourth-order valence-corrected chi connectivity index (χ4v) is 10.8. The maximum Gasteiger partial charge on any atom is 0.305 e. The van der Waals surface area contributed by atoms with Crippen LogP contribution in [0.25, 0.3) is 0 Å². The van der Waals surface area contributed by atoms with Crippen molar-refractivity contribution in [3.63, 3.8) is 0 Å². The van der Waals surface area contributed by atoms with Crippen LogP contribution in [0, 0.1) is 29.6 Å². The number of aromatic amines is 1. The SMILES string of the molecule is O=C1[C@H]2[C@H]3C[C@@H]([C@@H]2C(=O)N1c1ccc(Cl)cc1)[C@H]1[C@H](c2cccc(OCc4ccccc4)c2)c2sc(=O)[nH]c2S[C@H]31. The third-order valence-corrected chi connectivity index (χ3v) is 12.1. The Morgan fingerprint density at radius 3 is 2.44 bits per heavy atom. The van der Waals surface area contributed by atoms with E-state index in [0.717, 1.165) is 33.2 Å². The number of nitrogens with one attached hydrogen (secondary N) is 1. The van der Waals surface area contributed by atoms with Crippen LogP contribution in [0.5, 0.6) is 5.75 Å². The number of benzene rings is 3. The third-order valence-electron chi connectivity index (χ3n) is 9.27. The molecule has 9 heteroatoms. The molecule has 7 atom stereocenters. The first-order chi connectivity index (χ1) is 20.0. The number of hydrogen-bond donors (Lipinski definition) is 1. The lowest BCUT2D eigenvalue weighted by Gasteiger charge is -2.43. The van der Waals surface area contributed by atoms with Gasteiger partial charge in [0.1, 0.15) is 12.4 Å². The predicted molar refractivity (Wildman–Crippen MR) is 160 cm³/mol. The molecule has 0 unspecified atom stereocenters. The summed E-state index contributed by atoms with van der Waals surface area (Å²) in [7, 11) is 0. The van der Waals surface area contributed by atoms with Gasteiger partial charge in [-0.05, 0) is 71.7 Å². The summed E-state index contributed by atoms with van der Waals surface area (Å²) in [5.74, 6) is 0.0995. The molecule has 0 radical (unpaired) electrons. The second kappa shape index (κ2) is 9.61. The summed E-state index contributed by atoms with van der Waals surface area (Å²) >= 11 is 9.04. The van der Waals surface area contributed by atoms with Gasteiger partial charge < -0.3 is 9.72 Å². The lowest BCUT2D eigenvalue weighted by molar-refractivity contribution is -0.123. The van der Waals surface area contributed by atoms with Crippen molar-refractivity contribution in [3.05, 3.63) is 110 Å². The molecule has 6 nitrogen and oxygen atoms in total. The number of rotatable bonds is 5. The van der Waals surface area contributed by atoms with Gasteiger partial charge in [0, 0.05) is 21.1 Å². The van der Waals surface area contributed by atoms with Crippen molar-refractivity contribution in [2.24, 2.45) is 29.6 Å². The van der Waals surface area contributed by atoms with Crippen molar-refractivity contribution in [3.8, 4) is 5.75 Å². The molecule has 3 fully saturated rings. The highest BCUT2D eigenvalue weighted by Crippen LogP contribution is 2.68. The van der Waals surface area contributed by atoms with Gasteiger partial charge in [-0.1, -0.05) is 65.4 Å². The second-order valence-electron chi connectivity index (χ2n) is 11.3. The van der Waals surface area contributed by atoms with Crippen molar-refractivity contribution < 1.29 is 14.3 Å². The number of halogens is 1. The van der Waals surface area contributed by atoms with Gasteiger partial charge in [-0.15, -0.1) is 11.8 Å². The first kappa shape index (κ1) is 25.4. The number of fused-ring (bicyclic) bond motifs is 9. The van der Waals surface area contributed by atoms with Crippen LogP contribution in [-0.2, 0) is 16.2 Å². The molecule has 41 heavy (non-hydrogen) atoms. The molecule has 1 aromatic heterocycles. The van der Waals surface area contributed by atoms with Crippen LogP contribution in [0.4, 0.5) is 5.69 Å². The number of thiazole rings is 1. The molecule has 1 saturated heterocycles. The standard InChI is InChI=1S/C32H25ClN2O4S2/c33-18-9-11-19(12-10-18)35-30(36)25-21-14-22(26(25)31(35)37)27-24(21)23(28-29(40-27)34-32(38)41-28)17-7-4-8-20(13-17)39-15-16-5-2-1-3-6-16/h1-13,21-27H,14-15H2,(H,34,38)/t21-,22-,23+,24+,25+,26+,27-/m1/s1. The lowest BCUT2D eigenvalue weighted by Crippen LogP contribution is -2.42. The summed E-state index contributed by atoms with van der Waals surface area (Å²) in [5.41, 5.74) is 2.75. The maximum atomic E-state index is 13.9. The average Bonchev–Trinajstić information content (AvgIpc) is 3.72. The van der Waals surface area contributed by atoms with Crippen LogP contribution in [0.2, 0.25) is 5.02 Å². The lowest BCUT2D eigenvalue weighted by atomic mass is 9.68. The molecule has 2 bridgehead atoms. The zero-order valence-corrected chi connectivity index (χ0v) is 24.1. The van der Waals surface area contributed by atoms with Crippen LogP contribution in [0.1, 0.15) is 28.3 Å². The Bertz CT molecular complexity index is 1740. The van der Waals surface area contributed by atoms with Crippen molar-refractivity contribution in [1.29, 1.82) is 0 Å². The maximum absolute atomic E-state index is 13.9. The monoisotopic (exact) mass is 600 g/mol. The molecular formula is C32H25ClN2O4S2. The van der Waals surface area contributed by atoms with Crippen LogP contribution in [0.3, 0.4) is 0 Å². The summed E-state index contributed by atoms with van der Waals surface area (Å²) in [6, 6.07) is 25.1. The normalized spacial score (nSPS) is 29.4. The Hall–Kier alpha value is -3.33. The second-order valence-corrected chi connectivity index (χ2v) is 13.9. The molecule has 8 rings (SSSR count). The van der Waals surface area contributed by atoms with E-state index >= 15 is 0 Å². The Labute approximate surface area is 249 Å². The van der Waals surface area contributed by atoms with Crippen LogP contribution < -0.4 is 14.5 Å². The van der Waals surface area contributed by atoms with Gasteiger partial charge in [0.25, 0.3) is 0 Å². The summed E-state index contributed by atoms with van der Waals surface area (Å²) < 4.78 is 6.18. The van der Waals surface area contributed by atoms with Crippen LogP contribution in [0.15, 0.2) is 88.7 Å². The van der Waals surface area contributed by atoms with E-state index in [0.29, 0.717) is 17.3 Å². The summed E-state index contributed by atoms with van der Waals surface area (Å²) in [4.78, 5) is 45.7. The van der Waals surface area contributed by atoms with Gasteiger partial charge in [0.2, 0.25) is 11.8 Å². The van der Waals surface area contributed by atoms with E-state index in [-0.39, 0.29) is 57.4 Å². The van der Waals surface area contributed by atoms with E-state index < -0.39 is 0 Å². The number of ether oxygens (including phenoxy) is 1. The molecule has 2 saturated carbocycles.